The lowest BCUT2D eigenvalue weighted by Crippen LogP contribution is -2.34. The summed E-state index contributed by atoms with van der Waals surface area (Å²) in [4.78, 5) is 0. The molecule has 2 aromatic rings. The first kappa shape index (κ1) is 13.6. The van der Waals surface area contributed by atoms with E-state index in [0.717, 1.165) is 18.9 Å². The van der Waals surface area contributed by atoms with E-state index in [0.29, 0.717) is 11.6 Å². The molecule has 20 heavy (non-hydrogen) atoms. The summed E-state index contributed by atoms with van der Waals surface area (Å²) in [5, 5.41) is 3.14. The van der Waals surface area contributed by atoms with Crippen LogP contribution in [0.1, 0.15) is 24.3 Å². The Morgan fingerprint density at radius 3 is 2.40 bits per heavy atom. The van der Waals surface area contributed by atoms with Gasteiger partial charge in [0.05, 0.1) is 10.2 Å². The molecule has 0 aliphatic heterocycles. The lowest BCUT2D eigenvalue weighted by molar-refractivity contribution is 0.373. The molecule has 1 aliphatic carbocycles. The highest BCUT2D eigenvalue weighted by molar-refractivity contribution is 9.10. The van der Waals surface area contributed by atoms with E-state index in [4.69, 9.17) is 0 Å². The summed E-state index contributed by atoms with van der Waals surface area (Å²) in [6, 6.07) is 12.9. The largest absolute Gasteiger partial charge is 0.380 e. The van der Waals surface area contributed by atoms with E-state index in [1.165, 1.54) is 11.6 Å². The van der Waals surface area contributed by atoms with Crippen LogP contribution in [0.2, 0.25) is 0 Å². The molecule has 0 aromatic heterocycles. The standard InChI is InChI=1S/C16H14BrF2N/c17-13-8-16(15(19)9-14(13)18)20-12-6-11(7-12)10-4-2-1-3-5-10/h1-5,8-9,11-12,20H,6-7H2. The molecule has 3 rings (SSSR count). The van der Waals surface area contributed by atoms with Crippen LogP contribution in [0.15, 0.2) is 46.9 Å². The van der Waals surface area contributed by atoms with Crippen molar-refractivity contribution in [3.8, 4) is 0 Å². The first-order valence-electron chi connectivity index (χ1n) is 6.59. The number of rotatable bonds is 3. The second-order valence-electron chi connectivity index (χ2n) is 5.17. The van der Waals surface area contributed by atoms with Gasteiger partial charge in [-0.2, -0.15) is 0 Å². The maximum Gasteiger partial charge on any atom is 0.149 e. The van der Waals surface area contributed by atoms with E-state index in [1.54, 1.807) is 0 Å². The molecule has 1 fully saturated rings. The number of benzene rings is 2. The molecule has 1 aliphatic rings. The van der Waals surface area contributed by atoms with Gasteiger partial charge >= 0.3 is 0 Å². The molecule has 0 bridgehead atoms. The molecule has 0 atom stereocenters. The van der Waals surface area contributed by atoms with Gasteiger partial charge in [0, 0.05) is 12.1 Å². The third kappa shape index (κ3) is 2.70. The number of hydrogen-bond acceptors (Lipinski definition) is 1. The topological polar surface area (TPSA) is 12.0 Å². The smallest absolute Gasteiger partial charge is 0.149 e. The highest BCUT2D eigenvalue weighted by Crippen LogP contribution is 2.39. The monoisotopic (exact) mass is 337 g/mol. The van der Waals surface area contributed by atoms with E-state index < -0.39 is 11.6 Å². The fourth-order valence-corrected chi connectivity index (χ4v) is 2.93. The molecule has 1 saturated carbocycles. The number of anilines is 1. The van der Waals surface area contributed by atoms with Crippen molar-refractivity contribution in [2.75, 3.05) is 5.32 Å². The van der Waals surface area contributed by atoms with Crippen LogP contribution in [0.5, 0.6) is 0 Å². The highest BCUT2D eigenvalue weighted by atomic mass is 79.9. The van der Waals surface area contributed by atoms with Gasteiger partial charge in [-0.25, -0.2) is 8.78 Å². The zero-order valence-electron chi connectivity index (χ0n) is 10.7. The third-order valence-electron chi connectivity index (χ3n) is 3.78. The normalized spacial score (nSPS) is 21.4. The van der Waals surface area contributed by atoms with Crippen LogP contribution in [-0.2, 0) is 0 Å². The van der Waals surface area contributed by atoms with Gasteiger partial charge in [-0.05, 0) is 46.3 Å². The van der Waals surface area contributed by atoms with Gasteiger partial charge in [-0.15, -0.1) is 0 Å². The van der Waals surface area contributed by atoms with E-state index in [2.05, 4.69) is 33.4 Å². The minimum absolute atomic E-state index is 0.243. The highest BCUT2D eigenvalue weighted by Gasteiger charge is 2.30. The van der Waals surface area contributed by atoms with Crippen molar-refractivity contribution in [3.63, 3.8) is 0 Å². The van der Waals surface area contributed by atoms with Gasteiger partial charge in [0.15, 0.2) is 0 Å². The fourth-order valence-electron chi connectivity index (χ4n) is 2.59. The Morgan fingerprint density at radius 2 is 1.70 bits per heavy atom. The lowest BCUT2D eigenvalue weighted by Gasteiger charge is -2.37. The van der Waals surface area contributed by atoms with Gasteiger partial charge in [0.25, 0.3) is 0 Å². The van der Waals surface area contributed by atoms with Crippen LogP contribution in [0.4, 0.5) is 14.5 Å². The molecule has 4 heteroatoms. The summed E-state index contributed by atoms with van der Waals surface area (Å²) < 4.78 is 27.1. The molecule has 0 spiro atoms. The van der Waals surface area contributed by atoms with E-state index in [-0.39, 0.29) is 10.5 Å². The number of hydrogen-bond donors (Lipinski definition) is 1. The summed E-state index contributed by atoms with van der Waals surface area (Å²) in [5.74, 6) is -0.599. The predicted octanol–water partition coefficient (Wildman–Crippen LogP) is 5.09. The second-order valence-corrected chi connectivity index (χ2v) is 6.02. The summed E-state index contributed by atoms with van der Waals surface area (Å²) >= 11 is 3.08. The lowest BCUT2D eigenvalue weighted by atomic mass is 9.76. The van der Waals surface area contributed by atoms with Gasteiger partial charge in [-0.3, -0.25) is 0 Å². The fraction of sp³-hybridized carbons (Fsp3) is 0.250. The van der Waals surface area contributed by atoms with E-state index in [9.17, 15) is 8.78 Å². The maximum absolute atomic E-state index is 13.6. The predicted molar refractivity (Wildman–Crippen MR) is 79.9 cm³/mol. The van der Waals surface area contributed by atoms with Crippen LogP contribution >= 0.6 is 15.9 Å². The SMILES string of the molecule is Fc1cc(F)c(NC2CC(c3ccccc3)C2)cc1Br. The van der Waals surface area contributed by atoms with Gasteiger partial charge in [-0.1, -0.05) is 30.3 Å². The average Bonchev–Trinajstić information content (AvgIpc) is 2.40. The molecule has 1 N–H and O–H groups in total. The van der Waals surface area contributed by atoms with Crippen LogP contribution in [0.3, 0.4) is 0 Å². The Labute approximate surface area is 125 Å². The minimum Gasteiger partial charge on any atom is -0.380 e. The number of halogens is 3. The summed E-state index contributed by atoms with van der Waals surface area (Å²) in [5.41, 5.74) is 1.68. The summed E-state index contributed by atoms with van der Waals surface area (Å²) in [6.45, 7) is 0. The van der Waals surface area contributed by atoms with Crippen molar-refractivity contribution in [2.24, 2.45) is 0 Å². The van der Waals surface area contributed by atoms with Gasteiger partial charge in [0.2, 0.25) is 0 Å². The Kier molecular flexibility index (Phi) is 3.74. The van der Waals surface area contributed by atoms with Crippen molar-refractivity contribution in [3.05, 3.63) is 64.1 Å². The molecular formula is C16H14BrF2N. The van der Waals surface area contributed by atoms with Gasteiger partial charge < -0.3 is 5.32 Å². The van der Waals surface area contributed by atoms with Crippen molar-refractivity contribution in [1.82, 2.24) is 0 Å². The maximum atomic E-state index is 13.6. The average molecular weight is 338 g/mol. The van der Waals surface area contributed by atoms with Crippen LogP contribution in [0.25, 0.3) is 0 Å². The van der Waals surface area contributed by atoms with E-state index in [1.807, 2.05) is 18.2 Å². The molecule has 0 radical (unpaired) electrons. The first-order valence-corrected chi connectivity index (χ1v) is 7.39. The van der Waals surface area contributed by atoms with Crippen LogP contribution in [-0.4, -0.2) is 6.04 Å². The molecule has 1 nitrogen and oxygen atoms in total. The minimum atomic E-state index is -0.580. The van der Waals surface area contributed by atoms with Gasteiger partial charge in [0.1, 0.15) is 11.6 Å². The second kappa shape index (κ2) is 5.52. The quantitative estimate of drug-likeness (QED) is 0.769. The third-order valence-corrected chi connectivity index (χ3v) is 4.39. The first-order chi connectivity index (χ1) is 9.63. The van der Waals surface area contributed by atoms with Crippen LogP contribution < -0.4 is 5.32 Å². The van der Waals surface area contributed by atoms with Crippen LogP contribution in [0, 0.1) is 11.6 Å². The summed E-state index contributed by atoms with van der Waals surface area (Å²) in [7, 11) is 0. The molecule has 0 heterocycles. The Bertz CT molecular complexity index is 609. The van der Waals surface area contributed by atoms with Crippen molar-refractivity contribution in [1.29, 1.82) is 0 Å². The zero-order chi connectivity index (χ0) is 14.1. The molecule has 0 amide bonds. The number of nitrogens with one attached hydrogen (secondary N) is 1. The molecule has 2 aromatic carbocycles. The van der Waals surface area contributed by atoms with Crippen molar-refractivity contribution < 1.29 is 8.78 Å². The zero-order valence-corrected chi connectivity index (χ0v) is 12.3. The Hall–Kier alpha value is -1.42. The van der Waals surface area contributed by atoms with Crippen molar-refractivity contribution >= 4 is 21.6 Å². The Morgan fingerprint density at radius 1 is 1.00 bits per heavy atom. The molecular weight excluding hydrogens is 324 g/mol. The van der Waals surface area contributed by atoms with E-state index >= 15 is 0 Å². The molecule has 0 unspecified atom stereocenters. The molecule has 0 saturated heterocycles. The molecule has 104 valence electrons. The van der Waals surface area contributed by atoms with Crippen molar-refractivity contribution in [2.45, 2.75) is 24.8 Å². The summed E-state index contributed by atoms with van der Waals surface area (Å²) in [6.07, 6.45) is 1.94. The Balaban J connectivity index is 1.63.